The van der Waals surface area contributed by atoms with Crippen molar-refractivity contribution in [1.29, 1.82) is 0 Å². The normalized spacial score (nSPS) is 27.8. The first-order valence-electron chi connectivity index (χ1n) is 5.50. The predicted molar refractivity (Wildman–Crippen MR) is 64.8 cm³/mol. The summed E-state index contributed by atoms with van der Waals surface area (Å²) in [7, 11) is -6.83. The van der Waals surface area contributed by atoms with Gasteiger partial charge in [0, 0.05) is 12.6 Å². The number of rotatable bonds is 5. The molecule has 0 saturated carbocycles. The van der Waals surface area contributed by atoms with Crippen LogP contribution < -0.4 is 4.72 Å². The van der Waals surface area contributed by atoms with Crippen molar-refractivity contribution >= 4 is 19.9 Å². The highest BCUT2D eigenvalue weighted by molar-refractivity contribution is 7.95. The third kappa shape index (κ3) is 3.90. The lowest BCUT2D eigenvalue weighted by molar-refractivity contribution is 0.216. The van der Waals surface area contributed by atoms with Crippen molar-refractivity contribution in [2.75, 3.05) is 18.1 Å². The summed E-state index contributed by atoms with van der Waals surface area (Å²) in [6.07, 6.45) is 0.151. The predicted octanol–water partition coefficient (Wildman–Crippen LogP) is -0.890. The van der Waals surface area contributed by atoms with Gasteiger partial charge < -0.3 is 5.11 Å². The SMILES string of the molecule is CC(CO)C(C)NS(=O)(=O)C1CCS(=O)(=O)C1. The first-order valence-corrected chi connectivity index (χ1v) is 8.87. The van der Waals surface area contributed by atoms with Crippen LogP contribution in [0.5, 0.6) is 0 Å². The number of sulfone groups is 1. The molecule has 0 bridgehead atoms. The van der Waals surface area contributed by atoms with E-state index in [0.29, 0.717) is 0 Å². The Morgan fingerprint density at radius 1 is 1.41 bits per heavy atom. The Morgan fingerprint density at radius 2 is 2.00 bits per heavy atom. The van der Waals surface area contributed by atoms with Gasteiger partial charge in [-0.25, -0.2) is 21.6 Å². The summed E-state index contributed by atoms with van der Waals surface area (Å²) < 4.78 is 48.7. The lowest BCUT2D eigenvalue weighted by Crippen LogP contribution is -2.43. The largest absolute Gasteiger partial charge is 0.396 e. The number of hydrogen-bond donors (Lipinski definition) is 2. The minimum absolute atomic E-state index is 0.0670. The Hall–Kier alpha value is -0.180. The van der Waals surface area contributed by atoms with Crippen LogP contribution in [0.3, 0.4) is 0 Å². The number of aliphatic hydroxyl groups excluding tert-OH is 1. The molecule has 0 aliphatic carbocycles. The second kappa shape index (κ2) is 5.21. The van der Waals surface area contributed by atoms with E-state index in [0.717, 1.165) is 0 Å². The monoisotopic (exact) mass is 285 g/mol. The van der Waals surface area contributed by atoms with Crippen molar-refractivity contribution in [3.05, 3.63) is 0 Å². The second-order valence-corrected chi connectivity index (χ2v) is 8.86. The molecule has 1 aliphatic rings. The number of nitrogens with one attached hydrogen (secondary N) is 1. The van der Waals surface area contributed by atoms with Gasteiger partial charge in [-0.3, -0.25) is 0 Å². The molecule has 1 fully saturated rings. The van der Waals surface area contributed by atoms with E-state index < -0.39 is 31.2 Å². The second-order valence-electron chi connectivity index (χ2n) is 4.64. The zero-order chi connectivity index (χ0) is 13.3. The minimum Gasteiger partial charge on any atom is -0.396 e. The van der Waals surface area contributed by atoms with E-state index in [1.165, 1.54) is 0 Å². The molecule has 3 atom stereocenters. The van der Waals surface area contributed by atoms with Gasteiger partial charge in [-0.15, -0.1) is 0 Å². The molecular weight excluding hydrogens is 266 g/mol. The molecule has 102 valence electrons. The molecule has 8 heteroatoms. The van der Waals surface area contributed by atoms with Gasteiger partial charge in [-0.2, -0.15) is 0 Å². The summed E-state index contributed by atoms with van der Waals surface area (Å²) in [6, 6.07) is -0.409. The van der Waals surface area contributed by atoms with Crippen molar-refractivity contribution in [3.63, 3.8) is 0 Å². The Bertz CT molecular complexity index is 456. The van der Waals surface area contributed by atoms with Gasteiger partial charge in [-0.1, -0.05) is 6.92 Å². The summed E-state index contributed by atoms with van der Waals surface area (Å²) in [4.78, 5) is 0. The van der Waals surface area contributed by atoms with E-state index in [9.17, 15) is 16.8 Å². The van der Waals surface area contributed by atoms with Crippen molar-refractivity contribution in [2.45, 2.75) is 31.6 Å². The maximum absolute atomic E-state index is 11.9. The van der Waals surface area contributed by atoms with Gasteiger partial charge in [0.1, 0.15) is 0 Å². The van der Waals surface area contributed by atoms with Crippen LogP contribution in [-0.2, 0) is 19.9 Å². The van der Waals surface area contributed by atoms with Gasteiger partial charge in [0.05, 0.1) is 16.8 Å². The van der Waals surface area contributed by atoms with Gasteiger partial charge in [0.25, 0.3) is 0 Å². The Labute approximate surface area is 102 Å². The lowest BCUT2D eigenvalue weighted by atomic mass is 10.1. The molecule has 1 rings (SSSR count). The lowest BCUT2D eigenvalue weighted by Gasteiger charge is -2.21. The smallest absolute Gasteiger partial charge is 0.215 e. The highest BCUT2D eigenvalue weighted by Gasteiger charge is 2.37. The fourth-order valence-corrected chi connectivity index (χ4v) is 6.04. The van der Waals surface area contributed by atoms with Crippen LogP contribution in [0.25, 0.3) is 0 Å². The highest BCUT2D eigenvalue weighted by Crippen LogP contribution is 2.19. The first-order chi connectivity index (χ1) is 7.68. The molecule has 3 unspecified atom stereocenters. The summed E-state index contributed by atoms with van der Waals surface area (Å²) >= 11 is 0. The summed E-state index contributed by atoms with van der Waals surface area (Å²) in [5, 5.41) is 8.06. The van der Waals surface area contributed by atoms with Crippen molar-refractivity contribution < 1.29 is 21.9 Å². The first kappa shape index (κ1) is 14.9. The fraction of sp³-hybridized carbons (Fsp3) is 1.00. The molecule has 6 nitrogen and oxygen atoms in total. The van der Waals surface area contributed by atoms with E-state index in [-0.39, 0.29) is 30.5 Å². The standard InChI is InChI=1S/C9H19NO5S2/c1-7(5-11)8(2)10-17(14,15)9-3-4-16(12,13)6-9/h7-11H,3-6H2,1-2H3. The van der Waals surface area contributed by atoms with Crippen LogP contribution in [-0.4, -0.2) is 51.3 Å². The molecule has 0 spiro atoms. The zero-order valence-electron chi connectivity index (χ0n) is 9.96. The molecule has 0 aromatic heterocycles. The van der Waals surface area contributed by atoms with Crippen LogP contribution in [0.2, 0.25) is 0 Å². The fourth-order valence-electron chi connectivity index (χ4n) is 1.64. The third-order valence-corrected chi connectivity index (χ3v) is 7.08. The summed E-state index contributed by atoms with van der Waals surface area (Å²) in [5.41, 5.74) is 0. The molecular formula is C9H19NO5S2. The Kier molecular flexibility index (Phi) is 4.56. The quantitative estimate of drug-likeness (QED) is 0.682. The average Bonchev–Trinajstić information content (AvgIpc) is 2.57. The summed E-state index contributed by atoms with van der Waals surface area (Å²) in [6.45, 7) is 3.26. The van der Waals surface area contributed by atoms with E-state index >= 15 is 0 Å². The summed E-state index contributed by atoms with van der Waals surface area (Å²) in [5.74, 6) is -0.576. The molecule has 1 aliphatic heterocycles. The number of hydrogen-bond acceptors (Lipinski definition) is 5. The van der Waals surface area contributed by atoms with Crippen LogP contribution >= 0.6 is 0 Å². The van der Waals surface area contributed by atoms with E-state index in [4.69, 9.17) is 5.11 Å². The molecule has 17 heavy (non-hydrogen) atoms. The van der Waals surface area contributed by atoms with Crippen molar-refractivity contribution in [2.24, 2.45) is 5.92 Å². The van der Waals surface area contributed by atoms with Crippen LogP contribution in [0.1, 0.15) is 20.3 Å². The maximum atomic E-state index is 11.9. The molecule has 1 saturated heterocycles. The molecule has 1 heterocycles. The van der Waals surface area contributed by atoms with E-state index in [1.807, 2.05) is 0 Å². The Balaban J connectivity index is 2.71. The van der Waals surface area contributed by atoms with Crippen molar-refractivity contribution in [3.8, 4) is 0 Å². The molecule has 0 amide bonds. The minimum atomic E-state index is -3.63. The van der Waals surface area contributed by atoms with E-state index in [2.05, 4.69) is 4.72 Å². The molecule has 0 radical (unpaired) electrons. The topological polar surface area (TPSA) is 101 Å². The van der Waals surface area contributed by atoms with Crippen LogP contribution in [0, 0.1) is 5.92 Å². The number of sulfonamides is 1. The van der Waals surface area contributed by atoms with Crippen LogP contribution in [0.4, 0.5) is 0 Å². The maximum Gasteiger partial charge on any atom is 0.215 e. The molecule has 2 N–H and O–H groups in total. The number of aliphatic hydroxyl groups is 1. The average molecular weight is 285 g/mol. The van der Waals surface area contributed by atoms with Gasteiger partial charge in [0.15, 0.2) is 9.84 Å². The zero-order valence-corrected chi connectivity index (χ0v) is 11.6. The van der Waals surface area contributed by atoms with Gasteiger partial charge in [-0.05, 0) is 19.3 Å². The van der Waals surface area contributed by atoms with E-state index in [1.54, 1.807) is 13.8 Å². The van der Waals surface area contributed by atoms with Crippen molar-refractivity contribution in [1.82, 2.24) is 4.72 Å². The van der Waals surface area contributed by atoms with Gasteiger partial charge in [0.2, 0.25) is 10.0 Å². The highest BCUT2D eigenvalue weighted by atomic mass is 32.2. The third-order valence-electron chi connectivity index (χ3n) is 3.12. The van der Waals surface area contributed by atoms with Crippen LogP contribution in [0.15, 0.2) is 0 Å². The molecule has 0 aromatic carbocycles. The van der Waals surface area contributed by atoms with Gasteiger partial charge >= 0.3 is 0 Å². The molecule has 0 aromatic rings. The Morgan fingerprint density at radius 3 is 2.41 bits per heavy atom.